The first-order valence-corrected chi connectivity index (χ1v) is 9.67. The Kier molecular flexibility index (Phi) is 6.41. The first-order chi connectivity index (χ1) is 13.0. The van der Waals surface area contributed by atoms with Crippen LogP contribution in [0, 0.1) is 11.7 Å². The minimum atomic E-state index is 0.418. The topological polar surface area (TPSA) is 64.1 Å². The van der Waals surface area contributed by atoms with Crippen LogP contribution in [-0.2, 0) is 13.2 Å². The molecule has 6 nitrogen and oxygen atoms in total. The van der Waals surface area contributed by atoms with Crippen molar-refractivity contribution < 1.29 is 9.47 Å². The molecule has 0 saturated heterocycles. The molecule has 3 aromatic rings. The van der Waals surface area contributed by atoms with Gasteiger partial charge in [0.25, 0.3) is 0 Å². The van der Waals surface area contributed by atoms with Gasteiger partial charge in [-0.05, 0) is 54.5 Å². The summed E-state index contributed by atoms with van der Waals surface area (Å²) < 4.78 is 14.5. The van der Waals surface area contributed by atoms with E-state index in [-0.39, 0.29) is 0 Å². The molecule has 142 valence electrons. The number of halogens is 2. The van der Waals surface area contributed by atoms with Gasteiger partial charge in [-0.25, -0.2) is 4.68 Å². The van der Waals surface area contributed by atoms with Crippen LogP contribution in [0.2, 0.25) is 5.02 Å². The maximum absolute atomic E-state index is 5.92. The van der Waals surface area contributed by atoms with Gasteiger partial charge in [0.15, 0.2) is 11.5 Å². The minimum Gasteiger partial charge on any atom is -0.493 e. The maximum atomic E-state index is 5.92. The van der Waals surface area contributed by atoms with Gasteiger partial charge in [-0.3, -0.25) is 5.10 Å². The van der Waals surface area contributed by atoms with Gasteiger partial charge in [-0.15, -0.1) is 0 Å². The molecule has 9 heteroatoms. The van der Waals surface area contributed by atoms with E-state index in [0.717, 1.165) is 21.4 Å². The lowest BCUT2D eigenvalue weighted by Crippen LogP contribution is -2.16. The first kappa shape index (κ1) is 19.7. The number of hydrogen-bond acceptors (Lipinski definition) is 5. The Balaban J connectivity index is 1.74. The van der Waals surface area contributed by atoms with E-state index in [4.69, 9.17) is 33.3 Å². The fraction of sp³-hybridized carbons (Fsp3) is 0.222. The van der Waals surface area contributed by atoms with Crippen molar-refractivity contribution in [1.82, 2.24) is 14.9 Å². The number of rotatable bonds is 7. The van der Waals surface area contributed by atoms with Gasteiger partial charge in [0.05, 0.1) is 13.7 Å². The van der Waals surface area contributed by atoms with Crippen LogP contribution in [0.25, 0.3) is 0 Å². The van der Waals surface area contributed by atoms with Crippen LogP contribution in [-0.4, -0.2) is 22.0 Å². The quantitative estimate of drug-likeness (QED) is 0.477. The van der Waals surface area contributed by atoms with E-state index >= 15 is 0 Å². The number of nitrogens with one attached hydrogen (secondary N) is 2. The Morgan fingerprint density at radius 2 is 2.00 bits per heavy atom. The number of methoxy groups -OCH3 is 1. The summed E-state index contributed by atoms with van der Waals surface area (Å²) in [6, 6.07) is 11.4. The average Bonchev–Trinajstić information content (AvgIpc) is 2.98. The van der Waals surface area contributed by atoms with E-state index in [1.54, 1.807) is 11.8 Å². The Labute approximate surface area is 175 Å². The van der Waals surface area contributed by atoms with E-state index in [9.17, 15) is 0 Å². The smallest absolute Gasteiger partial charge is 0.214 e. The molecule has 3 rings (SSSR count). The molecule has 0 aliphatic heterocycles. The first-order valence-electron chi connectivity index (χ1n) is 8.09. The van der Waals surface area contributed by atoms with E-state index in [0.29, 0.717) is 34.4 Å². The van der Waals surface area contributed by atoms with Gasteiger partial charge in [0, 0.05) is 9.50 Å². The molecule has 0 aliphatic carbocycles. The summed E-state index contributed by atoms with van der Waals surface area (Å²) in [5.41, 5.74) is 5.25. The normalized spacial score (nSPS) is 10.7. The van der Waals surface area contributed by atoms with E-state index in [1.807, 2.05) is 43.3 Å². The molecule has 0 amide bonds. The molecular weight excluding hydrogens is 452 g/mol. The van der Waals surface area contributed by atoms with Crippen molar-refractivity contribution in [3.05, 3.63) is 67.6 Å². The van der Waals surface area contributed by atoms with Crippen LogP contribution in [0.3, 0.4) is 0 Å². The number of aromatic nitrogens is 3. The number of benzene rings is 2. The summed E-state index contributed by atoms with van der Waals surface area (Å²) in [4.78, 5) is 0. The molecular formula is C18H18BrClN4O2S. The maximum Gasteiger partial charge on any atom is 0.214 e. The predicted octanol–water partition coefficient (Wildman–Crippen LogP) is 5.00. The molecule has 2 aromatic carbocycles. The zero-order valence-electron chi connectivity index (χ0n) is 14.8. The molecule has 0 aliphatic rings. The van der Waals surface area contributed by atoms with Crippen molar-refractivity contribution in [1.29, 1.82) is 0 Å². The van der Waals surface area contributed by atoms with Crippen LogP contribution >= 0.6 is 39.7 Å². The third-order valence-corrected chi connectivity index (χ3v) is 5.17. The fourth-order valence-electron chi connectivity index (χ4n) is 2.45. The minimum absolute atomic E-state index is 0.418. The molecule has 0 radical (unpaired) electrons. The van der Waals surface area contributed by atoms with Crippen LogP contribution in [0.1, 0.15) is 17.0 Å². The molecule has 0 bridgehead atoms. The Morgan fingerprint density at radius 3 is 2.63 bits per heavy atom. The number of nitrogens with zero attached hydrogens (tertiary/aromatic N) is 2. The van der Waals surface area contributed by atoms with Crippen LogP contribution in [0.5, 0.6) is 11.5 Å². The van der Waals surface area contributed by atoms with Gasteiger partial charge in [0.1, 0.15) is 12.4 Å². The van der Waals surface area contributed by atoms with Gasteiger partial charge >= 0.3 is 0 Å². The largest absolute Gasteiger partial charge is 0.493 e. The second kappa shape index (κ2) is 8.77. The molecule has 27 heavy (non-hydrogen) atoms. The molecule has 0 spiro atoms. The second-order valence-corrected chi connectivity index (χ2v) is 7.43. The second-order valence-electron chi connectivity index (χ2n) is 5.76. The van der Waals surface area contributed by atoms with Crippen molar-refractivity contribution in [2.24, 2.45) is 0 Å². The van der Waals surface area contributed by atoms with Crippen molar-refractivity contribution in [3.8, 4) is 11.5 Å². The Hall–Kier alpha value is -2.03. The van der Waals surface area contributed by atoms with E-state index in [1.165, 1.54) is 0 Å². The Morgan fingerprint density at radius 1 is 1.26 bits per heavy atom. The number of aromatic amines is 1. The summed E-state index contributed by atoms with van der Waals surface area (Å²) in [5.74, 6) is 2.06. The molecule has 0 saturated carbocycles. The van der Waals surface area contributed by atoms with Gasteiger partial charge < -0.3 is 14.9 Å². The number of H-pyrrole nitrogens is 1. The highest BCUT2D eigenvalue weighted by Crippen LogP contribution is 2.34. The highest BCUT2D eigenvalue weighted by Gasteiger charge is 2.11. The lowest BCUT2D eigenvalue weighted by Gasteiger charge is -2.15. The van der Waals surface area contributed by atoms with E-state index < -0.39 is 0 Å². The van der Waals surface area contributed by atoms with Gasteiger partial charge in [0.2, 0.25) is 4.77 Å². The monoisotopic (exact) mass is 468 g/mol. The SMILES string of the molecule is COc1cc(CNn2c(C)n[nH]c2=S)c(Br)cc1OCc1ccc(Cl)cc1. The highest BCUT2D eigenvalue weighted by atomic mass is 79.9. The summed E-state index contributed by atoms with van der Waals surface area (Å²) in [6.07, 6.45) is 0. The zero-order valence-corrected chi connectivity index (χ0v) is 17.9. The summed E-state index contributed by atoms with van der Waals surface area (Å²) in [6.45, 7) is 2.81. The molecule has 0 atom stereocenters. The third kappa shape index (κ3) is 4.82. The third-order valence-electron chi connectivity index (χ3n) is 3.91. The predicted molar refractivity (Wildman–Crippen MR) is 112 cm³/mol. The number of aryl methyl sites for hydroxylation is 1. The van der Waals surface area contributed by atoms with Gasteiger partial charge in [-0.1, -0.05) is 39.7 Å². The molecule has 1 aromatic heterocycles. The fourth-order valence-corrected chi connectivity index (χ4v) is 3.28. The molecule has 0 fully saturated rings. The molecule has 1 heterocycles. The summed E-state index contributed by atoms with van der Waals surface area (Å²) in [7, 11) is 1.62. The average molecular weight is 470 g/mol. The lowest BCUT2D eigenvalue weighted by molar-refractivity contribution is 0.284. The van der Waals surface area contributed by atoms with Crippen molar-refractivity contribution in [3.63, 3.8) is 0 Å². The van der Waals surface area contributed by atoms with Crippen LogP contribution in [0.15, 0.2) is 40.9 Å². The van der Waals surface area contributed by atoms with Crippen molar-refractivity contribution >= 4 is 39.7 Å². The Bertz CT molecular complexity index is 988. The van der Waals surface area contributed by atoms with E-state index in [2.05, 4.69) is 31.6 Å². The summed E-state index contributed by atoms with van der Waals surface area (Å²) in [5, 5.41) is 7.52. The summed E-state index contributed by atoms with van der Waals surface area (Å²) >= 11 is 14.7. The number of hydrogen-bond donors (Lipinski definition) is 2. The van der Waals surface area contributed by atoms with Crippen molar-refractivity contribution in [2.45, 2.75) is 20.1 Å². The zero-order chi connectivity index (χ0) is 19.4. The van der Waals surface area contributed by atoms with Crippen LogP contribution < -0.4 is 14.9 Å². The highest BCUT2D eigenvalue weighted by molar-refractivity contribution is 9.10. The van der Waals surface area contributed by atoms with Crippen molar-refractivity contribution in [2.75, 3.05) is 12.5 Å². The van der Waals surface area contributed by atoms with Gasteiger partial charge in [-0.2, -0.15) is 5.10 Å². The molecule has 0 unspecified atom stereocenters. The standard InChI is InChI=1S/C18H18BrClN4O2S/c1-11-22-23-18(27)24(11)21-9-13-7-16(25-2)17(8-15(13)19)26-10-12-3-5-14(20)6-4-12/h3-8,21H,9-10H2,1-2H3,(H,23,27). The van der Waals surface area contributed by atoms with Crippen LogP contribution in [0.4, 0.5) is 0 Å². The molecule has 2 N–H and O–H groups in total. The lowest BCUT2D eigenvalue weighted by atomic mass is 10.2. The number of ether oxygens (including phenoxy) is 2.